The second kappa shape index (κ2) is 9.79. The lowest BCUT2D eigenvalue weighted by molar-refractivity contribution is -0.143. The number of carboxylic acids is 1. The SMILES string of the molecule is COc1cc([C@@H](C)CC2CC[C@H](c3ccc(OCC(=O)O)c(C(F)(F)F)c3)C2)ccc1F. The van der Waals surface area contributed by atoms with Gasteiger partial charge >= 0.3 is 12.1 Å². The van der Waals surface area contributed by atoms with Crippen LogP contribution < -0.4 is 9.47 Å². The number of halogens is 4. The van der Waals surface area contributed by atoms with E-state index in [9.17, 15) is 22.4 Å². The van der Waals surface area contributed by atoms with Gasteiger partial charge in [0.25, 0.3) is 0 Å². The van der Waals surface area contributed by atoms with Crippen LogP contribution in [0.5, 0.6) is 11.5 Å². The van der Waals surface area contributed by atoms with E-state index < -0.39 is 35.9 Å². The van der Waals surface area contributed by atoms with Crippen LogP contribution in [0.4, 0.5) is 17.6 Å². The number of alkyl halides is 3. The standard InChI is InChI=1S/C24H26F4O4/c1-14(16-5-7-20(25)22(12-16)31-2)9-15-3-4-17(10-15)18-6-8-21(32-13-23(29)30)19(11-18)24(26,27)28/h5-8,11-12,14-15,17H,3-4,9-10,13H2,1-2H3,(H,29,30)/t14-,15?,17-/m0/s1. The van der Waals surface area contributed by atoms with Gasteiger partial charge in [-0.15, -0.1) is 0 Å². The molecular formula is C24H26F4O4. The maximum atomic E-state index is 13.7. The van der Waals surface area contributed by atoms with Crippen LogP contribution in [0.1, 0.15) is 61.1 Å². The average molecular weight is 454 g/mol. The van der Waals surface area contributed by atoms with Crippen molar-refractivity contribution in [2.45, 2.75) is 50.6 Å². The van der Waals surface area contributed by atoms with Crippen LogP contribution in [0, 0.1) is 11.7 Å². The fourth-order valence-corrected chi connectivity index (χ4v) is 4.50. The van der Waals surface area contributed by atoms with Crippen LogP contribution in [-0.4, -0.2) is 24.8 Å². The predicted octanol–water partition coefficient (Wildman–Crippen LogP) is 6.39. The molecule has 0 radical (unpaired) electrons. The fourth-order valence-electron chi connectivity index (χ4n) is 4.50. The Kier molecular flexibility index (Phi) is 7.31. The largest absolute Gasteiger partial charge is 0.494 e. The average Bonchev–Trinajstić information content (AvgIpc) is 3.20. The lowest BCUT2D eigenvalue weighted by Crippen LogP contribution is -2.14. The number of aliphatic carboxylic acids is 1. The van der Waals surface area contributed by atoms with Crippen molar-refractivity contribution in [1.29, 1.82) is 0 Å². The Morgan fingerprint density at radius 2 is 1.91 bits per heavy atom. The van der Waals surface area contributed by atoms with E-state index in [2.05, 4.69) is 6.92 Å². The molecule has 32 heavy (non-hydrogen) atoms. The van der Waals surface area contributed by atoms with E-state index in [1.165, 1.54) is 19.2 Å². The summed E-state index contributed by atoms with van der Waals surface area (Å²) in [5, 5.41) is 8.69. The van der Waals surface area contributed by atoms with Gasteiger partial charge in [0.2, 0.25) is 0 Å². The van der Waals surface area contributed by atoms with Crippen molar-refractivity contribution in [3.63, 3.8) is 0 Å². The molecule has 0 saturated heterocycles. The molecule has 1 unspecified atom stereocenters. The summed E-state index contributed by atoms with van der Waals surface area (Å²) in [6, 6.07) is 8.70. The highest BCUT2D eigenvalue weighted by molar-refractivity contribution is 5.68. The van der Waals surface area contributed by atoms with Crippen molar-refractivity contribution in [3.05, 3.63) is 58.9 Å². The summed E-state index contributed by atoms with van der Waals surface area (Å²) < 4.78 is 64.1. The number of hydrogen-bond donors (Lipinski definition) is 1. The molecule has 0 aromatic heterocycles. The molecule has 0 spiro atoms. The highest BCUT2D eigenvalue weighted by atomic mass is 19.4. The van der Waals surface area contributed by atoms with Crippen molar-refractivity contribution < 1.29 is 36.9 Å². The third-order valence-corrected chi connectivity index (χ3v) is 6.10. The van der Waals surface area contributed by atoms with E-state index in [1.54, 1.807) is 18.2 Å². The lowest BCUT2D eigenvalue weighted by Gasteiger charge is -2.19. The Labute approximate surface area is 184 Å². The van der Waals surface area contributed by atoms with Gasteiger partial charge in [0.15, 0.2) is 18.2 Å². The van der Waals surface area contributed by atoms with Crippen LogP contribution >= 0.6 is 0 Å². The molecule has 1 saturated carbocycles. The Balaban J connectivity index is 1.69. The van der Waals surface area contributed by atoms with Crippen molar-refractivity contribution >= 4 is 5.97 Å². The Hall–Kier alpha value is -2.77. The summed E-state index contributed by atoms with van der Waals surface area (Å²) in [5.41, 5.74) is 0.594. The van der Waals surface area contributed by atoms with E-state index in [4.69, 9.17) is 14.6 Å². The zero-order valence-electron chi connectivity index (χ0n) is 17.9. The minimum Gasteiger partial charge on any atom is -0.494 e. The molecule has 2 aromatic rings. The van der Waals surface area contributed by atoms with Crippen molar-refractivity contribution in [2.24, 2.45) is 5.92 Å². The molecule has 3 atom stereocenters. The number of carbonyl (C=O) groups is 1. The minimum atomic E-state index is -4.64. The van der Waals surface area contributed by atoms with Crippen LogP contribution in [0.25, 0.3) is 0 Å². The molecule has 0 bridgehead atoms. The minimum absolute atomic E-state index is 0.00965. The highest BCUT2D eigenvalue weighted by Crippen LogP contribution is 2.45. The first-order valence-electron chi connectivity index (χ1n) is 10.5. The van der Waals surface area contributed by atoms with E-state index in [0.717, 1.165) is 37.3 Å². The van der Waals surface area contributed by atoms with Gasteiger partial charge in [0.1, 0.15) is 5.75 Å². The first kappa shape index (κ1) is 23.9. The second-order valence-electron chi connectivity index (χ2n) is 8.34. The monoisotopic (exact) mass is 454 g/mol. The number of methoxy groups -OCH3 is 1. The third kappa shape index (κ3) is 5.72. The molecule has 0 heterocycles. The highest BCUT2D eigenvalue weighted by Gasteiger charge is 2.36. The van der Waals surface area contributed by atoms with Gasteiger partial charge in [-0.3, -0.25) is 0 Å². The smallest absolute Gasteiger partial charge is 0.419 e. The van der Waals surface area contributed by atoms with E-state index in [1.807, 2.05) is 0 Å². The Morgan fingerprint density at radius 3 is 2.56 bits per heavy atom. The van der Waals surface area contributed by atoms with Crippen LogP contribution in [0.2, 0.25) is 0 Å². The summed E-state index contributed by atoms with van der Waals surface area (Å²) in [4.78, 5) is 10.7. The zero-order chi connectivity index (χ0) is 23.5. The molecule has 0 amide bonds. The quantitative estimate of drug-likeness (QED) is 0.470. The van der Waals surface area contributed by atoms with Gasteiger partial charge < -0.3 is 14.6 Å². The molecular weight excluding hydrogens is 428 g/mol. The second-order valence-corrected chi connectivity index (χ2v) is 8.34. The summed E-state index contributed by atoms with van der Waals surface area (Å²) >= 11 is 0. The summed E-state index contributed by atoms with van der Waals surface area (Å²) in [6.07, 6.45) is -1.37. The topological polar surface area (TPSA) is 55.8 Å². The maximum absolute atomic E-state index is 13.7. The lowest BCUT2D eigenvalue weighted by atomic mass is 9.87. The fraction of sp³-hybridized carbons (Fsp3) is 0.458. The van der Waals surface area contributed by atoms with Gasteiger partial charge in [-0.25, -0.2) is 9.18 Å². The first-order chi connectivity index (χ1) is 15.1. The number of ether oxygens (including phenoxy) is 2. The number of rotatable bonds is 8. The molecule has 4 nitrogen and oxygen atoms in total. The molecule has 1 aliphatic rings. The molecule has 174 valence electrons. The number of carboxylic acid groups (broad SMARTS) is 1. The van der Waals surface area contributed by atoms with Crippen molar-refractivity contribution in [2.75, 3.05) is 13.7 Å². The van der Waals surface area contributed by atoms with Crippen LogP contribution in [0.3, 0.4) is 0 Å². The summed E-state index contributed by atoms with van der Waals surface area (Å²) in [5.74, 6) is -1.55. The Bertz CT molecular complexity index is 958. The van der Waals surface area contributed by atoms with Gasteiger partial charge in [0.05, 0.1) is 12.7 Å². The Morgan fingerprint density at radius 1 is 1.16 bits per heavy atom. The summed E-state index contributed by atoms with van der Waals surface area (Å²) in [7, 11) is 1.42. The normalized spacial score (nSPS) is 19.6. The van der Waals surface area contributed by atoms with Gasteiger partial charge in [-0.2, -0.15) is 13.2 Å². The molecule has 3 rings (SSSR count). The molecule has 8 heteroatoms. The van der Waals surface area contributed by atoms with Gasteiger partial charge in [-0.05, 0) is 78.8 Å². The zero-order valence-corrected chi connectivity index (χ0v) is 17.9. The van der Waals surface area contributed by atoms with Crippen LogP contribution in [-0.2, 0) is 11.0 Å². The molecule has 1 fully saturated rings. The molecule has 1 N–H and O–H groups in total. The molecule has 1 aliphatic carbocycles. The third-order valence-electron chi connectivity index (χ3n) is 6.10. The van der Waals surface area contributed by atoms with E-state index >= 15 is 0 Å². The predicted molar refractivity (Wildman–Crippen MR) is 111 cm³/mol. The number of benzene rings is 2. The van der Waals surface area contributed by atoms with Crippen molar-refractivity contribution in [1.82, 2.24) is 0 Å². The number of hydrogen-bond acceptors (Lipinski definition) is 3. The molecule has 2 aromatic carbocycles. The van der Waals surface area contributed by atoms with Crippen LogP contribution in [0.15, 0.2) is 36.4 Å². The molecule has 0 aliphatic heterocycles. The van der Waals surface area contributed by atoms with Gasteiger partial charge in [-0.1, -0.05) is 19.1 Å². The summed E-state index contributed by atoms with van der Waals surface area (Å²) in [6.45, 7) is 1.22. The van der Waals surface area contributed by atoms with E-state index in [0.29, 0.717) is 11.5 Å². The van der Waals surface area contributed by atoms with Crippen molar-refractivity contribution in [3.8, 4) is 11.5 Å². The first-order valence-corrected chi connectivity index (χ1v) is 10.5. The van der Waals surface area contributed by atoms with E-state index in [-0.39, 0.29) is 17.6 Å². The van der Waals surface area contributed by atoms with Gasteiger partial charge in [0, 0.05) is 0 Å². The maximum Gasteiger partial charge on any atom is 0.419 e.